The van der Waals surface area contributed by atoms with Gasteiger partial charge in [-0.3, -0.25) is 0 Å². The van der Waals surface area contributed by atoms with Crippen molar-refractivity contribution in [3.05, 3.63) is 24.2 Å². The molecule has 9 heavy (non-hydrogen) atoms. The van der Waals surface area contributed by atoms with Crippen molar-refractivity contribution in [1.82, 2.24) is 0 Å². The third-order valence-electron chi connectivity index (χ3n) is 1.07. The van der Waals surface area contributed by atoms with Gasteiger partial charge in [0.25, 0.3) is 0 Å². The predicted molar refractivity (Wildman–Crippen MR) is 38.6 cm³/mol. The maximum Gasteiger partial charge on any atom is 0.0950 e. The van der Waals surface area contributed by atoms with Crippen molar-refractivity contribution in [3.8, 4) is 0 Å². The maximum absolute atomic E-state index is 5.50. The molecular weight excluding hydrogens is 138 g/mol. The van der Waals surface area contributed by atoms with Crippen LogP contribution < -0.4 is 5.73 Å². The first-order valence-corrected chi connectivity index (χ1v) is 2.58. The summed E-state index contributed by atoms with van der Waals surface area (Å²) >= 11 is 0. The van der Waals surface area contributed by atoms with Crippen LogP contribution in [0.25, 0.3) is 0 Å². The van der Waals surface area contributed by atoms with Crippen LogP contribution in [0.2, 0.25) is 0 Å². The molecule has 1 unspecified atom stereocenters. The molecule has 52 valence electrons. The summed E-state index contributed by atoms with van der Waals surface area (Å²) in [5.74, 6) is 0. The number of hydrogen-bond acceptors (Lipinski definition) is 2. The molecule has 1 rings (SSSR count). The van der Waals surface area contributed by atoms with E-state index in [1.54, 1.807) is 12.5 Å². The number of nitrogens with two attached hydrogens (primary N) is 1. The lowest BCUT2D eigenvalue weighted by atomic mass is 10.2. The normalized spacial score (nSPS) is 12.2. The molecule has 0 bridgehead atoms. The van der Waals surface area contributed by atoms with Crippen LogP contribution in [0.1, 0.15) is 18.5 Å². The second-order valence-electron chi connectivity index (χ2n) is 1.85. The van der Waals surface area contributed by atoms with Gasteiger partial charge in [0.1, 0.15) is 0 Å². The van der Waals surface area contributed by atoms with Crippen molar-refractivity contribution in [3.63, 3.8) is 0 Å². The molecule has 0 saturated carbocycles. The molecule has 0 aromatic carbocycles. The van der Waals surface area contributed by atoms with Crippen molar-refractivity contribution in [2.75, 3.05) is 0 Å². The maximum atomic E-state index is 5.50. The topological polar surface area (TPSA) is 39.2 Å². The molecule has 3 heteroatoms. The summed E-state index contributed by atoms with van der Waals surface area (Å²) in [6, 6.07) is 1.96. The van der Waals surface area contributed by atoms with Gasteiger partial charge in [0.2, 0.25) is 0 Å². The van der Waals surface area contributed by atoms with Gasteiger partial charge in [0.15, 0.2) is 0 Å². The Kier molecular flexibility index (Phi) is 3.35. The lowest BCUT2D eigenvalue weighted by molar-refractivity contribution is 0.561. The minimum atomic E-state index is 0. The molecule has 0 aliphatic carbocycles. The van der Waals surface area contributed by atoms with E-state index in [2.05, 4.69) is 0 Å². The van der Waals surface area contributed by atoms with Crippen molar-refractivity contribution < 1.29 is 4.42 Å². The van der Waals surface area contributed by atoms with Gasteiger partial charge in [-0.15, -0.1) is 12.4 Å². The van der Waals surface area contributed by atoms with Crippen molar-refractivity contribution in [2.45, 2.75) is 13.0 Å². The monoisotopic (exact) mass is 147 g/mol. The zero-order valence-electron chi connectivity index (χ0n) is 5.20. The Morgan fingerprint density at radius 2 is 2.33 bits per heavy atom. The summed E-state index contributed by atoms with van der Waals surface area (Å²) in [7, 11) is 0. The highest BCUT2D eigenvalue weighted by molar-refractivity contribution is 5.85. The molecule has 1 aromatic rings. The summed E-state index contributed by atoms with van der Waals surface area (Å²) in [6.07, 6.45) is 3.28. The first-order valence-electron chi connectivity index (χ1n) is 2.58. The molecule has 0 radical (unpaired) electrons. The van der Waals surface area contributed by atoms with Gasteiger partial charge >= 0.3 is 0 Å². The summed E-state index contributed by atoms with van der Waals surface area (Å²) in [5.41, 5.74) is 6.54. The molecule has 0 saturated heterocycles. The van der Waals surface area contributed by atoms with Gasteiger partial charge in [0, 0.05) is 11.6 Å². The minimum absolute atomic E-state index is 0. The zero-order valence-corrected chi connectivity index (χ0v) is 6.02. The Balaban J connectivity index is 0.000000640. The molecule has 1 atom stereocenters. The Bertz CT molecular complexity index is 148. The van der Waals surface area contributed by atoms with Gasteiger partial charge in [-0.1, -0.05) is 0 Å². The van der Waals surface area contributed by atoms with Gasteiger partial charge in [-0.2, -0.15) is 0 Å². The number of furan rings is 1. The molecule has 0 fully saturated rings. The highest BCUT2D eigenvalue weighted by atomic mass is 35.5. The average molecular weight is 148 g/mol. The lowest BCUT2D eigenvalue weighted by Crippen LogP contribution is -2.02. The zero-order chi connectivity index (χ0) is 5.98. The van der Waals surface area contributed by atoms with E-state index in [1.807, 2.05) is 13.0 Å². The number of hydrogen-bond donors (Lipinski definition) is 1. The van der Waals surface area contributed by atoms with Crippen LogP contribution in [0.4, 0.5) is 0 Å². The molecule has 0 aliphatic heterocycles. The van der Waals surface area contributed by atoms with Crippen molar-refractivity contribution >= 4 is 12.4 Å². The Hall–Kier alpha value is -0.470. The van der Waals surface area contributed by atoms with Crippen LogP contribution in [0.5, 0.6) is 0 Å². The largest absolute Gasteiger partial charge is 0.472 e. The Morgan fingerprint density at radius 3 is 2.56 bits per heavy atom. The van der Waals surface area contributed by atoms with Gasteiger partial charge in [-0.25, -0.2) is 0 Å². The van der Waals surface area contributed by atoms with E-state index in [-0.39, 0.29) is 18.4 Å². The third-order valence-corrected chi connectivity index (χ3v) is 1.07. The van der Waals surface area contributed by atoms with E-state index < -0.39 is 0 Å². The van der Waals surface area contributed by atoms with Crippen molar-refractivity contribution in [1.29, 1.82) is 0 Å². The average Bonchev–Trinajstić information content (AvgIpc) is 2.12. The molecule has 0 aliphatic rings. The van der Waals surface area contributed by atoms with Crippen LogP contribution in [0, 0.1) is 0 Å². The van der Waals surface area contributed by atoms with Gasteiger partial charge in [-0.05, 0) is 13.0 Å². The molecule has 2 N–H and O–H groups in total. The first kappa shape index (κ1) is 8.53. The second-order valence-corrected chi connectivity index (χ2v) is 1.85. The van der Waals surface area contributed by atoms with E-state index in [4.69, 9.17) is 10.2 Å². The molecule has 1 heterocycles. The van der Waals surface area contributed by atoms with Gasteiger partial charge in [0.05, 0.1) is 12.5 Å². The van der Waals surface area contributed by atoms with Crippen LogP contribution in [0.3, 0.4) is 0 Å². The van der Waals surface area contributed by atoms with E-state index in [1.165, 1.54) is 0 Å². The van der Waals surface area contributed by atoms with E-state index in [0.29, 0.717) is 0 Å². The fraction of sp³-hybridized carbons (Fsp3) is 0.333. The quantitative estimate of drug-likeness (QED) is 0.657. The van der Waals surface area contributed by atoms with Crippen molar-refractivity contribution in [2.24, 2.45) is 5.73 Å². The second kappa shape index (κ2) is 3.54. The summed E-state index contributed by atoms with van der Waals surface area (Å²) in [4.78, 5) is 0. The van der Waals surface area contributed by atoms with Crippen LogP contribution >= 0.6 is 12.4 Å². The predicted octanol–water partition coefficient (Wildman–Crippen LogP) is 1.72. The summed E-state index contributed by atoms with van der Waals surface area (Å²) in [5, 5.41) is 0. The highest BCUT2D eigenvalue weighted by Crippen LogP contribution is 2.07. The summed E-state index contributed by atoms with van der Waals surface area (Å²) in [6.45, 7) is 1.92. The highest BCUT2D eigenvalue weighted by Gasteiger charge is 1.96. The minimum Gasteiger partial charge on any atom is -0.472 e. The van der Waals surface area contributed by atoms with Crippen LogP contribution in [-0.4, -0.2) is 0 Å². The van der Waals surface area contributed by atoms with E-state index in [0.717, 1.165) is 5.56 Å². The number of halogens is 1. The summed E-state index contributed by atoms with van der Waals surface area (Å²) < 4.78 is 4.80. The smallest absolute Gasteiger partial charge is 0.0950 e. The van der Waals surface area contributed by atoms with E-state index >= 15 is 0 Å². The fourth-order valence-electron chi connectivity index (χ4n) is 0.534. The van der Waals surface area contributed by atoms with Crippen LogP contribution in [-0.2, 0) is 0 Å². The Labute approximate surface area is 60.4 Å². The standard InChI is InChI=1S/C6H9NO.ClH/c1-5(7)6-2-3-8-4-6;/h2-5H,7H2,1H3;1H. The van der Waals surface area contributed by atoms with Crippen LogP contribution in [0.15, 0.2) is 23.0 Å². The molecule has 0 spiro atoms. The SMILES string of the molecule is CC(N)c1ccoc1.Cl. The number of rotatable bonds is 1. The van der Waals surface area contributed by atoms with E-state index in [9.17, 15) is 0 Å². The lowest BCUT2D eigenvalue weighted by Gasteiger charge is -1.95. The Morgan fingerprint density at radius 1 is 1.67 bits per heavy atom. The fourth-order valence-corrected chi connectivity index (χ4v) is 0.534. The van der Waals surface area contributed by atoms with Gasteiger partial charge < -0.3 is 10.2 Å². The molecule has 2 nitrogen and oxygen atoms in total. The molecular formula is C6H10ClNO. The molecule has 1 aromatic heterocycles. The molecule has 0 amide bonds. The third kappa shape index (κ3) is 2.08. The first-order chi connectivity index (χ1) is 3.80.